The topological polar surface area (TPSA) is 49.8 Å². The fourth-order valence-corrected chi connectivity index (χ4v) is 4.67. The largest absolute Gasteiger partial charge is 0.546 e. The molecule has 3 rings (SSSR count). The van der Waals surface area contributed by atoms with Gasteiger partial charge < -0.3 is 9.84 Å². The Morgan fingerprint density at radius 1 is 1.17 bits per heavy atom. The molecule has 1 amide bonds. The molecule has 1 aliphatic heterocycles. The van der Waals surface area contributed by atoms with Crippen molar-refractivity contribution in [2.75, 3.05) is 11.5 Å². The number of aliphatic hydroxyl groups is 1. The molecule has 1 N–H and O–H groups in total. The van der Waals surface area contributed by atoms with E-state index in [1.807, 2.05) is 42.5 Å². The van der Waals surface area contributed by atoms with Crippen molar-refractivity contribution in [2.45, 2.75) is 35.4 Å². The van der Waals surface area contributed by atoms with E-state index in [2.05, 4.69) is 35.8 Å². The first-order valence-electron chi connectivity index (χ1n) is 9.37. The average Bonchev–Trinajstić information content (AvgIpc) is 3.04. The van der Waals surface area contributed by atoms with Crippen molar-refractivity contribution in [3.63, 3.8) is 0 Å². The molecule has 1 fully saturated rings. The molecule has 1 heterocycles. The molecule has 3 unspecified atom stereocenters. The van der Waals surface area contributed by atoms with Crippen LogP contribution in [-0.4, -0.2) is 27.7 Å². The van der Waals surface area contributed by atoms with Crippen LogP contribution in [0.2, 0.25) is 0 Å². The van der Waals surface area contributed by atoms with Crippen molar-refractivity contribution in [1.82, 2.24) is 0 Å². The van der Waals surface area contributed by atoms with E-state index in [-0.39, 0.29) is 50.6 Å². The number of ether oxygens (including phenoxy) is 1. The number of amides is 1. The van der Waals surface area contributed by atoms with Crippen LogP contribution in [0.15, 0.2) is 54.6 Å². The van der Waals surface area contributed by atoms with Gasteiger partial charge >= 0.3 is 0 Å². The molecular formula is C23H23ClNO3SY-. The van der Waals surface area contributed by atoms with Crippen LogP contribution in [0, 0.1) is 19.0 Å². The molecule has 1 radical (unpaired) electrons. The van der Waals surface area contributed by atoms with Gasteiger partial charge in [-0.05, 0) is 36.1 Å². The number of aryl methyl sites for hydroxylation is 1. The number of nitrogens with zero attached hydrogens (tertiary/aromatic N) is 1. The fourth-order valence-electron chi connectivity index (χ4n) is 3.17. The van der Waals surface area contributed by atoms with E-state index >= 15 is 0 Å². The van der Waals surface area contributed by atoms with Crippen LogP contribution in [0.4, 0.5) is 5.69 Å². The number of hydrogen-bond acceptors (Lipinski definition) is 4. The van der Waals surface area contributed by atoms with E-state index in [9.17, 15) is 9.90 Å². The molecule has 1 aliphatic rings. The number of anilines is 1. The molecule has 7 heteroatoms. The molecule has 0 bridgehead atoms. The van der Waals surface area contributed by atoms with E-state index in [4.69, 9.17) is 11.6 Å². The van der Waals surface area contributed by atoms with E-state index in [1.165, 1.54) is 17.3 Å². The van der Waals surface area contributed by atoms with Crippen molar-refractivity contribution in [3.8, 4) is 11.8 Å². The van der Waals surface area contributed by atoms with Gasteiger partial charge in [0.25, 0.3) is 5.91 Å². The van der Waals surface area contributed by atoms with Crippen LogP contribution in [0.25, 0.3) is 0 Å². The number of rotatable bonds is 7. The molecule has 30 heavy (non-hydrogen) atoms. The van der Waals surface area contributed by atoms with Crippen LogP contribution in [0.5, 0.6) is 0 Å². The van der Waals surface area contributed by atoms with E-state index in [1.54, 1.807) is 4.90 Å². The Hall–Kier alpha value is -0.866. The maximum Gasteiger partial charge on any atom is 0.256 e. The molecule has 2 aromatic rings. The van der Waals surface area contributed by atoms with Gasteiger partial charge in [-0.2, -0.15) is 0 Å². The van der Waals surface area contributed by atoms with E-state index in [0.717, 1.165) is 17.7 Å². The molecule has 0 aromatic heterocycles. The number of benzene rings is 2. The van der Waals surface area contributed by atoms with Crippen LogP contribution < -0.4 is 4.90 Å². The molecule has 0 saturated carbocycles. The van der Waals surface area contributed by atoms with Crippen LogP contribution in [-0.2, 0) is 48.7 Å². The number of aliphatic hydroxyl groups excluding tert-OH is 1. The summed E-state index contributed by atoms with van der Waals surface area (Å²) in [7, 11) is 3.28. The van der Waals surface area contributed by atoms with Crippen LogP contribution in [0.3, 0.4) is 0 Å². The third kappa shape index (κ3) is 6.82. The molecule has 2 aromatic carbocycles. The Balaban J connectivity index is 0.00000320. The van der Waals surface area contributed by atoms with Gasteiger partial charge in [0.1, 0.15) is 0 Å². The molecule has 1 saturated heterocycles. The summed E-state index contributed by atoms with van der Waals surface area (Å²) in [5.41, 5.74) is 2.78. The molecule has 0 spiro atoms. The number of thioether (sulfide) groups is 1. The first-order chi connectivity index (χ1) is 14.1. The number of carbonyl (C=O) groups excluding carboxylic acids is 1. The summed E-state index contributed by atoms with van der Waals surface area (Å²) in [6.45, 7) is 0.255. The van der Waals surface area contributed by atoms with Crippen molar-refractivity contribution in [3.05, 3.63) is 72.8 Å². The minimum Gasteiger partial charge on any atom is -0.546 e. The van der Waals surface area contributed by atoms with Gasteiger partial charge in [-0.25, -0.2) is 7.11 Å². The summed E-state index contributed by atoms with van der Waals surface area (Å²) in [6, 6.07) is 17.5. The molecule has 3 atom stereocenters. The van der Waals surface area contributed by atoms with Crippen molar-refractivity contribution < 1.29 is 47.3 Å². The third-order valence-electron chi connectivity index (χ3n) is 4.68. The number of hydrogen-bond donors (Lipinski definition) is 1. The summed E-state index contributed by atoms with van der Waals surface area (Å²) < 4.78 is 4.06. The van der Waals surface area contributed by atoms with Crippen molar-refractivity contribution in [2.24, 2.45) is 0 Å². The minimum atomic E-state index is -0.623. The van der Waals surface area contributed by atoms with Crippen LogP contribution >= 0.6 is 23.4 Å². The summed E-state index contributed by atoms with van der Waals surface area (Å²) >= 11 is 7.56. The number of halogens is 1. The second-order valence-electron chi connectivity index (χ2n) is 6.65. The average molecular weight is 518 g/mol. The smallest absolute Gasteiger partial charge is 0.256 e. The molecular weight excluding hydrogens is 495 g/mol. The van der Waals surface area contributed by atoms with Crippen LogP contribution in [0.1, 0.15) is 30.1 Å². The molecule has 4 nitrogen and oxygen atoms in total. The second-order valence-corrected chi connectivity index (χ2v) is 8.64. The van der Waals surface area contributed by atoms with Gasteiger partial charge in [0, 0.05) is 44.8 Å². The zero-order valence-electron chi connectivity index (χ0n) is 16.5. The Kier molecular flexibility index (Phi) is 10.9. The normalized spacial score (nSPS) is 19.0. The van der Waals surface area contributed by atoms with E-state index in [0.29, 0.717) is 12.8 Å². The first-order valence-corrected chi connectivity index (χ1v) is 10.8. The zero-order valence-corrected chi connectivity index (χ0v) is 20.9. The Labute approximate surface area is 212 Å². The standard InChI is InChI=1S/C23H23ClNO3S.Y/c1-28-16-6-5-9-21-25(23(27)22(24)29-21)19-13-11-18(12-14-19)20(26)15-10-17-7-3-2-4-8-17;/h2-4,7-8,11-14,20-22,26H,1,9-10,15-16H2;/q-1;. The maximum atomic E-state index is 12.5. The second kappa shape index (κ2) is 12.9. The fraction of sp³-hybridized carbons (Fsp3) is 0.304. The van der Waals surface area contributed by atoms with Gasteiger partial charge in [0.05, 0.1) is 18.1 Å². The number of carbonyl (C=O) groups is 1. The molecule has 155 valence electrons. The Morgan fingerprint density at radius 3 is 2.53 bits per heavy atom. The monoisotopic (exact) mass is 517 g/mol. The summed E-state index contributed by atoms with van der Waals surface area (Å²) in [5.74, 6) is 5.71. The predicted molar refractivity (Wildman–Crippen MR) is 118 cm³/mol. The SMILES string of the molecule is [CH2-]OCC#CCC1SC(Cl)C(=O)N1c1ccc(C(O)CCc2ccccc2)cc1.[Y]. The van der Waals surface area contributed by atoms with Gasteiger partial charge in [-0.1, -0.05) is 54.3 Å². The number of alkyl halides is 1. The van der Waals surface area contributed by atoms with Gasteiger partial charge in [0.2, 0.25) is 0 Å². The summed E-state index contributed by atoms with van der Waals surface area (Å²) in [6.07, 6.45) is 1.37. The van der Waals surface area contributed by atoms with E-state index < -0.39 is 10.8 Å². The maximum absolute atomic E-state index is 12.5. The minimum absolute atomic E-state index is 0. The van der Waals surface area contributed by atoms with Crippen molar-refractivity contribution in [1.29, 1.82) is 0 Å². The Morgan fingerprint density at radius 2 is 1.87 bits per heavy atom. The quantitative estimate of drug-likeness (QED) is 0.333. The zero-order chi connectivity index (χ0) is 20.6. The summed E-state index contributed by atoms with van der Waals surface area (Å²) in [4.78, 5) is 14.2. The Bertz CT molecular complexity index is 870. The predicted octanol–water partition coefficient (Wildman–Crippen LogP) is 4.52. The molecule has 0 aliphatic carbocycles. The first kappa shape index (κ1) is 25.4. The summed E-state index contributed by atoms with van der Waals surface area (Å²) in [5, 5.41) is 10.4. The van der Waals surface area contributed by atoms with Gasteiger partial charge in [-0.3, -0.25) is 9.69 Å². The van der Waals surface area contributed by atoms with Crippen molar-refractivity contribution >= 4 is 35.0 Å². The third-order valence-corrected chi connectivity index (χ3v) is 6.30. The van der Waals surface area contributed by atoms with Gasteiger partial charge in [-0.15, -0.1) is 23.4 Å². The van der Waals surface area contributed by atoms with Gasteiger partial charge in [0.15, 0.2) is 4.71 Å².